The van der Waals surface area contributed by atoms with E-state index in [2.05, 4.69) is 20.9 Å². The summed E-state index contributed by atoms with van der Waals surface area (Å²) in [7, 11) is 0. The Morgan fingerprint density at radius 1 is 1.18 bits per heavy atom. The zero-order chi connectivity index (χ0) is 11.4. The smallest absolute Gasteiger partial charge is 0.344 e. The number of rotatable bonds is 2. The largest absolute Gasteiger partial charge is 0.421 e. The standard InChI is InChI=1S/C12H8BrNO2.ClH/c13-11-6-2-1-5-10(11)12(15)16-9-4-3-7-14-8-9;/h1-8H;1H. The van der Waals surface area contributed by atoms with Crippen molar-refractivity contribution in [2.45, 2.75) is 0 Å². The number of carbonyl (C=O) groups excluding carboxylic acids is 1. The molecular weight excluding hydrogens is 305 g/mol. The molecule has 0 aliphatic rings. The fourth-order valence-corrected chi connectivity index (χ4v) is 1.64. The summed E-state index contributed by atoms with van der Waals surface area (Å²) in [5, 5.41) is 0. The molecule has 88 valence electrons. The molecule has 0 unspecified atom stereocenters. The van der Waals surface area contributed by atoms with Crippen LogP contribution in [0.25, 0.3) is 0 Å². The fraction of sp³-hybridized carbons (Fsp3) is 0. The lowest BCUT2D eigenvalue weighted by Crippen LogP contribution is -2.09. The van der Waals surface area contributed by atoms with Gasteiger partial charge in [-0.05, 0) is 40.2 Å². The van der Waals surface area contributed by atoms with Gasteiger partial charge in [-0.25, -0.2) is 4.79 Å². The van der Waals surface area contributed by atoms with Crippen LogP contribution in [0.5, 0.6) is 5.75 Å². The van der Waals surface area contributed by atoms with Gasteiger partial charge in [0.2, 0.25) is 0 Å². The summed E-state index contributed by atoms with van der Waals surface area (Å²) >= 11 is 3.29. The summed E-state index contributed by atoms with van der Waals surface area (Å²) in [6, 6.07) is 10.5. The van der Waals surface area contributed by atoms with Crippen molar-refractivity contribution in [2.75, 3.05) is 0 Å². The van der Waals surface area contributed by atoms with Crippen molar-refractivity contribution in [1.29, 1.82) is 0 Å². The summed E-state index contributed by atoms with van der Waals surface area (Å²) in [4.78, 5) is 15.6. The Morgan fingerprint density at radius 2 is 1.94 bits per heavy atom. The quantitative estimate of drug-likeness (QED) is 0.797. The van der Waals surface area contributed by atoms with Crippen LogP contribution < -0.4 is 4.74 Å². The van der Waals surface area contributed by atoms with E-state index in [4.69, 9.17) is 4.74 Å². The molecule has 0 amide bonds. The van der Waals surface area contributed by atoms with Gasteiger partial charge in [0.1, 0.15) is 5.75 Å². The summed E-state index contributed by atoms with van der Waals surface area (Å²) in [6.07, 6.45) is 3.12. The minimum atomic E-state index is -0.402. The number of esters is 1. The van der Waals surface area contributed by atoms with Gasteiger partial charge in [-0.1, -0.05) is 12.1 Å². The molecule has 1 heterocycles. The maximum atomic E-state index is 11.8. The van der Waals surface area contributed by atoms with E-state index >= 15 is 0 Å². The second kappa shape index (κ2) is 6.37. The van der Waals surface area contributed by atoms with Crippen LogP contribution in [0.1, 0.15) is 10.4 Å². The number of pyridine rings is 1. The Bertz CT molecular complexity index is 505. The predicted molar refractivity (Wildman–Crippen MR) is 70.6 cm³/mol. The average Bonchev–Trinajstić information content (AvgIpc) is 2.31. The Kier molecular flexibility index (Phi) is 5.12. The van der Waals surface area contributed by atoms with Gasteiger partial charge in [0, 0.05) is 10.7 Å². The minimum absolute atomic E-state index is 0. The Labute approximate surface area is 113 Å². The van der Waals surface area contributed by atoms with Crippen LogP contribution in [0.3, 0.4) is 0 Å². The molecule has 17 heavy (non-hydrogen) atoms. The van der Waals surface area contributed by atoms with Gasteiger partial charge in [0.15, 0.2) is 0 Å². The molecule has 0 atom stereocenters. The Balaban J connectivity index is 0.00000144. The van der Waals surface area contributed by atoms with Gasteiger partial charge >= 0.3 is 5.97 Å². The molecule has 2 aromatic rings. The molecule has 2 rings (SSSR count). The molecule has 0 saturated carbocycles. The van der Waals surface area contributed by atoms with Crippen LogP contribution >= 0.6 is 28.3 Å². The highest BCUT2D eigenvalue weighted by Gasteiger charge is 2.11. The molecule has 0 N–H and O–H groups in total. The van der Waals surface area contributed by atoms with Crippen molar-refractivity contribution in [3.63, 3.8) is 0 Å². The second-order valence-electron chi connectivity index (χ2n) is 3.06. The van der Waals surface area contributed by atoms with Crippen LogP contribution in [0.2, 0.25) is 0 Å². The third kappa shape index (κ3) is 3.54. The van der Waals surface area contributed by atoms with Crippen molar-refractivity contribution in [1.82, 2.24) is 4.98 Å². The lowest BCUT2D eigenvalue weighted by atomic mass is 10.2. The maximum Gasteiger partial charge on any atom is 0.344 e. The zero-order valence-electron chi connectivity index (χ0n) is 8.67. The van der Waals surface area contributed by atoms with Gasteiger partial charge in [0.05, 0.1) is 11.8 Å². The molecule has 0 radical (unpaired) electrons. The van der Waals surface area contributed by atoms with E-state index in [-0.39, 0.29) is 12.4 Å². The van der Waals surface area contributed by atoms with Crippen LogP contribution in [0, 0.1) is 0 Å². The number of aromatic nitrogens is 1. The topological polar surface area (TPSA) is 39.2 Å². The Hall–Kier alpha value is -1.39. The fourth-order valence-electron chi connectivity index (χ4n) is 1.20. The van der Waals surface area contributed by atoms with Crippen molar-refractivity contribution in [2.24, 2.45) is 0 Å². The van der Waals surface area contributed by atoms with Crippen LogP contribution in [-0.4, -0.2) is 11.0 Å². The molecule has 1 aromatic carbocycles. The summed E-state index contributed by atoms with van der Waals surface area (Å²) in [6.45, 7) is 0. The maximum absolute atomic E-state index is 11.8. The molecule has 5 heteroatoms. The summed E-state index contributed by atoms with van der Waals surface area (Å²) in [5.41, 5.74) is 0.492. The molecule has 0 bridgehead atoms. The predicted octanol–water partition coefficient (Wildman–Crippen LogP) is 3.49. The van der Waals surface area contributed by atoms with E-state index in [0.29, 0.717) is 15.8 Å². The third-order valence-electron chi connectivity index (χ3n) is 1.94. The molecule has 3 nitrogen and oxygen atoms in total. The first-order valence-corrected chi connectivity index (χ1v) is 5.43. The van der Waals surface area contributed by atoms with Gasteiger partial charge in [-0.2, -0.15) is 0 Å². The molecule has 0 aliphatic heterocycles. The van der Waals surface area contributed by atoms with Gasteiger partial charge in [-0.15, -0.1) is 12.4 Å². The number of halogens is 2. The number of carbonyl (C=O) groups is 1. The third-order valence-corrected chi connectivity index (χ3v) is 2.63. The first-order chi connectivity index (χ1) is 7.77. The van der Waals surface area contributed by atoms with E-state index in [9.17, 15) is 4.79 Å². The number of hydrogen-bond acceptors (Lipinski definition) is 3. The number of hydrogen-bond donors (Lipinski definition) is 0. The second-order valence-corrected chi connectivity index (χ2v) is 3.91. The van der Waals surface area contributed by atoms with Gasteiger partial charge in [0.25, 0.3) is 0 Å². The molecule has 0 spiro atoms. The highest BCUT2D eigenvalue weighted by atomic mass is 79.9. The van der Waals surface area contributed by atoms with E-state index in [1.165, 1.54) is 6.20 Å². The van der Waals surface area contributed by atoms with E-state index < -0.39 is 5.97 Å². The monoisotopic (exact) mass is 313 g/mol. The van der Waals surface area contributed by atoms with Crippen LogP contribution in [-0.2, 0) is 0 Å². The zero-order valence-corrected chi connectivity index (χ0v) is 11.1. The number of benzene rings is 1. The van der Waals surface area contributed by atoms with Crippen molar-refractivity contribution >= 4 is 34.3 Å². The van der Waals surface area contributed by atoms with Crippen molar-refractivity contribution in [3.8, 4) is 5.75 Å². The average molecular weight is 315 g/mol. The first-order valence-electron chi connectivity index (χ1n) is 4.64. The molecule has 0 fully saturated rings. The number of nitrogens with zero attached hydrogens (tertiary/aromatic N) is 1. The van der Waals surface area contributed by atoms with Gasteiger partial charge < -0.3 is 4.74 Å². The molecule has 0 aliphatic carbocycles. The van der Waals surface area contributed by atoms with E-state index in [0.717, 1.165) is 0 Å². The summed E-state index contributed by atoms with van der Waals surface area (Å²) < 4.78 is 5.86. The highest BCUT2D eigenvalue weighted by molar-refractivity contribution is 9.10. The van der Waals surface area contributed by atoms with Crippen molar-refractivity contribution in [3.05, 3.63) is 58.8 Å². The molecule has 1 aromatic heterocycles. The Morgan fingerprint density at radius 3 is 2.59 bits per heavy atom. The normalized spacial score (nSPS) is 9.24. The van der Waals surface area contributed by atoms with Crippen LogP contribution in [0.4, 0.5) is 0 Å². The first kappa shape index (κ1) is 13.7. The SMILES string of the molecule is Cl.O=C(Oc1cccnc1)c1ccccc1Br. The van der Waals surface area contributed by atoms with Gasteiger partial charge in [-0.3, -0.25) is 4.98 Å². The van der Waals surface area contributed by atoms with Crippen LogP contribution in [0.15, 0.2) is 53.3 Å². The minimum Gasteiger partial charge on any atom is -0.421 e. The summed E-state index contributed by atoms with van der Waals surface area (Å²) in [5.74, 6) is 0.0312. The lowest BCUT2D eigenvalue weighted by molar-refractivity contribution is 0.0733. The lowest BCUT2D eigenvalue weighted by Gasteiger charge is -2.04. The highest BCUT2D eigenvalue weighted by Crippen LogP contribution is 2.18. The van der Waals surface area contributed by atoms with Crippen molar-refractivity contribution < 1.29 is 9.53 Å². The molecule has 0 saturated heterocycles. The van der Waals surface area contributed by atoms with E-state index in [1.54, 1.807) is 36.5 Å². The number of ether oxygens (including phenoxy) is 1. The molecular formula is C12H9BrClNO2. The van der Waals surface area contributed by atoms with E-state index in [1.807, 2.05) is 6.07 Å².